The molecule has 0 aliphatic heterocycles. The fourth-order valence-corrected chi connectivity index (χ4v) is 3.84. The Labute approximate surface area is 98.5 Å². The van der Waals surface area contributed by atoms with Crippen LogP contribution < -0.4 is 5.73 Å². The molecule has 5 heteroatoms. The molecule has 0 fully saturated rings. The van der Waals surface area contributed by atoms with Crippen LogP contribution in [0.5, 0.6) is 0 Å². The van der Waals surface area contributed by atoms with Crippen LogP contribution >= 0.6 is 11.3 Å². The van der Waals surface area contributed by atoms with E-state index in [0.717, 1.165) is 4.88 Å². The Hall–Kier alpha value is -1.33. The van der Waals surface area contributed by atoms with Crippen molar-refractivity contribution < 1.29 is 8.42 Å². The molecule has 16 heavy (non-hydrogen) atoms. The fourth-order valence-electron chi connectivity index (χ4n) is 1.37. The van der Waals surface area contributed by atoms with Gasteiger partial charge in [0.2, 0.25) is 0 Å². The van der Waals surface area contributed by atoms with Gasteiger partial charge < -0.3 is 5.73 Å². The van der Waals surface area contributed by atoms with E-state index in [1.807, 2.05) is 17.5 Å². The number of anilines is 1. The zero-order chi connectivity index (χ0) is 11.6. The summed E-state index contributed by atoms with van der Waals surface area (Å²) in [5.74, 6) is 0.0358. The van der Waals surface area contributed by atoms with Gasteiger partial charge in [0.05, 0.1) is 10.6 Å². The highest BCUT2D eigenvalue weighted by Crippen LogP contribution is 2.20. The number of hydrogen-bond acceptors (Lipinski definition) is 4. The van der Waals surface area contributed by atoms with Gasteiger partial charge in [0.15, 0.2) is 9.84 Å². The first-order valence-electron chi connectivity index (χ1n) is 4.68. The third kappa shape index (κ3) is 2.43. The molecule has 2 rings (SSSR count). The maximum Gasteiger partial charge on any atom is 0.183 e. The summed E-state index contributed by atoms with van der Waals surface area (Å²) in [6, 6.07) is 10.0. The van der Waals surface area contributed by atoms with E-state index in [4.69, 9.17) is 5.73 Å². The normalized spacial score (nSPS) is 11.5. The van der Waals surface area contributed by atoms with Crippen LogP contribution in [0.4, 0.5) is 5.69 Å². The van der Waals surface area contributed by atoms with Gasteiger partial charge in [-0.05, 0) is 29.6 Å². The lowest BCUT2D eigenvalue weighted by molar-refractivity contribution is 0.595. The Morgan fingerprint density at radius 1 is 1.19 bits per heavy atom. The Morgan fingerprint density at radius 2 is 2.00 bits per heavy atom. The standard InChI is InChI=1S/C11H11NO2S2/c12-9-3-1-5-11(7-9)16(13,14)8-10-4-2-6-15-10/h1-7H,8,12H2. The van der Waals surface area contributed by atoms with Crippen LogP contribution in [-0.2, 0) is 15.6 Å². The van der Waals surface area contributed by atoms with Gasteiger partial charge in [-0.3, -0.25) is 0 Å². The van der Waals surface area contributed by atoms with Crippen LogP contribution in [0.15, 0.2) is 46.7 Å². The minimum Gasteiger partial charge on any atom is -0.399 e. The van der Waals surface area contributed by atoms with Gasteiger partial charge in [0.25, 0.3) is 0 Å². The van der Waals surface area contributed by atoms with Crippen molar-refractivity contribution in [1.82, 2.24) is 0 Å². The van der Waals surface area contributed by atoms with Crippen molar-refractivity contribution in [2.45, 2.75) is 10.6 Å². The Morgan fingerprint density at radius 3 is 2.62 bits per heavy atom. The lowest BCUT2D eigenvalue weighted by Gasteiger charge is -2.03. The maximum absolute atomic E-state index is 12.0. The van der Waals surface area contributed by atoms with Crippen molar-refractivity contribution in [3.05, 3.63) is 46.7 Å². The number of rotatable bonds is 3. The van der Waals surface area contributed by atoms with Crippen LogP contribution in [-0.4, -0.2) is 8.42 Å². The molecule has 0 saturated carbocycles. The molecule has 0 atom stereocenters. The van der Waals surface area contributed by atoms with Crippen molar-refractivity contribution in [3.8, 4) is 0 Å². The second-order valence-corrected chi connectivity index (χ2v) is 6.43. The third-order valence-corrected chi connectivity index (χ3v) is 4.85. The van der Waals surface area contributed by atoms with E-state index >= 15 is 0 Å². The highest BCUT2D eigenvalue weighted by molar-refractivity contribution is 7.90. The maximum atomic E-state index is 12.0. The summed E-state index contributed by atoms with van der Waals surface area (Å²) >= 11 is 1.44. The summed E-state index contributed by atoms with van der Waals surface area (Å²) in [5.41, 5.74) is 6.03. The lowest BCUT2D eigenvalue weighted by Crippen LogP contribution is -2.04. The highest BCUT2D eigenvalue weighted by atomic mass is 32.2. The first kappa shape index (κ1) is 11.2. The monoisotopic (exact) mass is 253 g/mol. The number of hydrogen-bond donors (Lipinski definition) is 1. The van der Waals surface area contributed by atoms with E-state index in [9.17, 15) is 8.42 Å². The molecule has 1 aromatic carbocycles. The molecule has 0 aliphatic rings. The Bertz CT molecular complexity index is 574. The van der Waals surface area contributed by atoms with Crippen LogP contribution in [0.1, 0.15) is 4.88 Å². The predicted molar refractivity (Wildman–Crippen MR) is 66.1 cm³/mol. The Balaban J connectivity index is 2.33. The summed E-state index contributed by atoms with van der Waals surface area (Å²) in [6.07, 6.45) is 0. The molecule has 0 radical (unpaired) electrons. The first-order chi connectivity index (χ1) is 7.58. The van der Waals surface area contributed by atoms with Gasteiger partial charge in [-0.1, -0.05) is 12.1 Å². The zero-order valence-corrected chi connectivity index (χ0v) is 10.1. The first-order valence-corrected chi connectivity index (χ1v) is 7.22. The third-order valence-electron chi connectivity index (χ3n) is 2.13. The zero-order valence-electron chi connectivity index (χ0n) is 8.46. The van der Waals surface area contributed by atoms with Gasteiger partial charge in [0.1, 0.15) is 0 Å². The van der Waals surface area contributed by atoms with E-state index in [-0.39, 0.29) is 10.6 Å². The average molecular weight is 253 g/mol. The molecule has 0 saturated heterocycles. The molecular weight excluding hydrogens is 242 g/mol. The molecule has 2 N–H and O–H groups in total. The summed E-state index contributed by atoms with van der Waals surface area (Å²) in [6.45, 7) is 0. The number of nitrogens with two attached hydrogens (primary N) is 1. The minimum absolute atomic E-state index is 0.0358. The van der Waals surface area contributed by atoms with Gasteiger partial charge >= 0.3 is 0 Å². The van der Waals surface area contributed by atoms with Crippen LogP contribution in [0.2, 0.25) is 0 Å². The lowest BCUT2D eigenvalue weighted by atomic mass is 10.3. The number of thiophene rings is 1. The van der Waals surface area contributed by atoms with Gasteiger partial charge in [-0.15, -0.1) is 11.3 Å². The topological polar surface area (TPSA) is 60.2 Å². The second kappa shape index (κ2) is 4.27. The van der Waals surface area contributed by atoms with E-state index in [1.54, 1.807) is 18.2 Å². The van der Waals surface area contributed by atoms with E-state index in [0.29, 0.717) is 5.69 Å². The predicted octanol–water partition coefficient (Wildman–Crippen LogP) is 2.30. The highest BCUT2D eigenvalue weighted by Gasteiger charge is 2.15. The molecular formula is C11H11NO2S2. The average Bonchev–Trinajstić information content (AvgIpc) is 2.70. The number of nitrogen functional groups attached to an aromatic ring is 1. The van der Waals surface area contributed by atoms with Crippen LogP contribution in [0.25, 0.3) is 0 Å². The molecule has 2 aromatic rings. The van der Waals surface area contributed by atoms with Crippen molar-refractivity contribution in [2.75, 3.05) is 5.73 Å². The molecule has 0 spiro atoms. The fraction of sp³-hybridized carbons (Fsp3) is 0.0909. The molecule has 0 amide bonds. The SMILES string of the molecule is Nc1cccc(S(=O)(=O)Cc2cccs2)c1. The smallest absolute Gasteiger partial charge is 0.183 e. The summed E-state index contributed by atoms with van der Waals surface area (Å²) in [5, 5.41) is 1.87. The molecule has 1 aromatic heterocycles. The van der Waals surface area contributed by atoms with Gasteiger partial charge in [-0.2, -0.15) is 0 Å². The number of benzene rings is 1. The van der Waals surface area contributed by atoms with Gasteiger partial charge in [0, 0.05) is 10.6 Å². The van der Waals surface area contributed by atoms with E-state index < -0.39 is 9.84 Å². The van der Waals surface area contributed by atoms with Crippen molar-refractivity contribution >= 4 is 26.9 Å². The van der Waals surface area contributed by atoms with Crippen LogP contribution in [0, 0.1) is 0 Å². The summed E-state index contributed by atoms with van der Waals surface area (Å²) < 4.78 is 24.0. The molecule has 0 unspecified atom stereocenters. The van der Waals surface area contributed by atoms with Gasteiger partial charge in [-0.25, -0.2) is 8.42 Å². The molecule has 0 bridgehead atoms. The largest absolute Gasteiger partial charge is 0.399 e. The minimum atomic E-state index is -3.28. The molecule has 1 heterocycles. The quantitative estimate of drug-likeness (QED) is 0.854. The second-order valence-electron chi connectivity index (χ2n) is 3.41. The van der Waals surface area contributed by atoms with Crippen LogP contribution in [0.3, 0.4) is 0 Å². The summed E-state index contributed by atoms with van der Waals surface area (Å²) in [4.78, 5) is 1.11. The van der Waals surface area contributed by atoms with E-state index in [2.05, 4.69) is 0 Å². The molecule has 3 nitrogen and oxygen atoms in total. The molecule has 84 valence electrons. The molecule has 0 aliphatic carbocycles. The van der Waals surface area contributed by atoms with Crippen molar-refractivity contribution in [3.63, 3.8) is 0 Å². The summed E-state index contributed by atoms with van der Waals surface area (Å²) in [7, 11) is -3.28. The van der Waals surface area contributed by atoms with Crippen molar-refractivity contribution in [1.29, 1.82) is 0 Å². The van der Waals surface area contributed by atoms with Crippen molar-refractivity contribution in [2.24, 2.45) is 0 Å². The van der Waals surface area contributed by atoms with E-state index in [1.165, 1.54) is 17.4 Å². The number of sulfone groups is 1. The Kier molecular flexibility index (Phi) is 2.98.